The number of carbonyl (C=O) groups excluding carboxylic acids is 1. The van der Waals surface area contributed by atoms with Crippen molar-refractivity contribution in [1.82, 2.24) is 9.88 Å². The minimum atomic E-state index is -0.0187. The Kier molecular flexibility index (Phi) is 3.61. The lowest BCUT2D eigenvalue weighted by Gasteiger charge is -2.33. The highest BCUT2D eigenvalue weighted by Gasteiger charge is 2.25. The van der Waals surface area contributed by atoms with Crippen LogP contribution in [0.5, 0.6) is 0 Å². The molecule has 0 bridgehead atoms. The molecule has 1 amide bonds. The number of aromatic nitrogens is 1. The largest absolute Gasteiger partial charge is 0.335 e. The van der Waals surface area contributed by atoms with E-state index in [-0.39, 0.29) is 11.9 Å². The predicted molar refractivity (Wildman–Crippen MR) is 68.0 cm³/mol. The second kappa shape index (κ2) is 5.18. The van der Waals surface area contributed by atoms with Crippen molar-refractivity contribution >= 4 is 5.91 Å². The average Bonchev–Trinajstić information content (AvgIpc) is 2.38. The second-order valence-corrected chi connectivity index (χ2v) is 4.78. The first-order chi connectivity index (χ1) is 8.63. The Labute approximate surface area is 107 Å². The molecule has 1 aromatic rings. The van der Waals surface area contributed by atoms with Crippen molar-refractivity contribution in [2.24, 2.45) is 0 Å². The molecular formula is C14H17N3O. The van der Waals surface area contributed by atoms with E-state index >= 15 is 0 Å². The fourth-order valence-corrected chi connectivity index (χ4v) is 2.35. The topological polar surface area (TPSA) is 57.0 Å². The zero-order chi connectivity index (χ0) is 13.1. The first-order valence-corrected chi connectivity index (χ1v) is 6.32. The molecule has 18 heavy (non-hydrogen) atoms. The number of nitrogens with zero attached hydrogens (tertiary/aromatic N) is 3. The van der Waals surface area contributed by atoms with Gasteiger partial charge < -0.3 is 4.90 Å². The van der Waals surface area contributed by atoms with Gasteiger partial charge in [-0.3, -0.25) is 4.79 Å². The van der Waals surface area contributed by atoms with Gasteiger partial charge in [0.2, 0.25) is 0 Å². The molecule has 1 fully saturated rings. The lowest BCUT2D eigenvalue weighted by molar-refractivity contribution is 0.0629. The number of nitriles is 1. The van der Waals surface area contributed by atoms with Crippen LogP contribution in [-0.4, -0.2) is 28.4 Å². The van der Waals surface area contributed by atoms with Crippen molar-refractivity contribution in [2.45, 2.75) is 39.2 Å². The summed E-state index contributed by atoms with van der Waals surface area (Å²) in [5.74, 6) is -0.0187. The van der Waals surface area contributed by atoms with Crippen LogP contribution in [0.25, 0.3) is 0 Å². The minimum Gasteiger partial charge on any atom is -0.335 e. The first kappa shape index (κ1) is 12.6. The van der Waals surface area contributed by atoms with Gasteiger partial charge in [0.25, 0.3) is 5.91 Å². The molecule has 2 heterocycles. The van der Waals surface area contributed by atoms with Crippen LogP contribution < -0.4 is 0 Å². The van der Waals surface area contributed by atoms with E-state index in [1.165, 1.54) is 6.42 Å². The molecule has 0 radical (unpaired) electrons. The van der Waals surface area contributed by atoms with Gasteiger partial charge in [-0.2, -0.15) is 5.26 Å². The molecule has 4 nitrogen and oxygen atoms in total. The van der Waals surface area contributed by atoms with Crippen LogP contribution in [-0.2, 0) is 0 Å². The summed E-state index contributed by atoms with van der Waals surface area (Å²) >= 11 is 0. The van der Waals surface area contributed by atoms with Gasteiger partial charge in [0, 0.05) is 12.6 Å². The van der Waals surface area contributed by atoms with Gasteiger partial charge in [-0.05, 0) is 45.2 Å². The molecule has 4 heteroatoms. The third-order valence-corrected chi connectivity index (χ3v) is 3.49. The zero-order valence-corrected chi connectivity index (χ0v) is 10.8. The van der Waals surface area contributed by atoms with Crippen LogP contribution in [0.4, 0.5) is 0 Å². The van der Waals surface area contributed by atoms with Gasteiger partial charge in [-0.1, -0.05) is 0 Å². The SMILES string of the molecule is Cc1nc(C(=O)N2CCCCC2C)ccc1C#N. The van der Waals surface area contributed by atoms with E-state index in [1.54, 1.807) is 19.1 Å². The molecule has 0 saturated carbocycles. The summed E-state index contributed by atoms with van der Waals surface area (Å²) in [6.07, 6.45) is 3.30. The molecule has 0 aliphatic carbocycles. The number of hydrogen-bond acceptors (Lipinski definition) is 3. The number of hydrogen-bond donors (Lipinski definition) is 0. The van der Waals surface area contributed by atoms with Crippen LogP contribution in [0.3, 0.4) is 0 Å². The second-order valence-electron chi connectivity index (χ2n) is 4.78. The van der Waals surface area contributed by atoms with E-state index in [9.17, 15) is 4.79 Å². The standard InChI is InChI=1S/C14H17N3O/c1-10-5-3-4-8-17(10)14(18)13-7-6-12(9-15)11(2)16-13/h6-7,10H,3-5,8H2,1-2H3. The summed E-state index contributed by atoms with van der Waals surface area (Å²) in [7, 11) is 0. The van der Waals surface area contributed by atoms with Gasteiger partial charge in [0.15, 0.2) is 0 Å². The van der Waals surface area contributed by atoms with E-state index in [2.05, 4.69) is 18.0 Å². The van der Waals surface area contributed by atoms with Crippen LogP contribution >= 0.6 is 0 Å². The van der Waals surface area contributed by atoms with Gasteiger partial charge in [0.05, 0.1) is 11.3 Å². The van der Waals surface area contributed by atoms with E-state index in [1.807, 2.05) is 4.90 Å². The maximum atomic E-state index is 12.3. The van der Waals surface area contributed by atoms with Crippen molar-refractivity contribution in [1.29, 1.82) is 5.26 Å². The van der Waals surface area contributed by atoms with E-state index in [0.29, 0.717) is 17.0 Å². The van der Waals surface area contributed by atoms with E-state index in [0.717, 1.165) is 19.4 Å². The van der Waals surface area contributed by atoms with Crippen LogP contribution in [0.1, 0.15) is 47.9 Å². The van der Waals surface area contributed by atoms with Crippen molar-refractivity contribution < 1.29 is 4.79 Å². The number of likely N-dealkylation sites (tertiary alicyclic amines) is 1. The lowest BCUT2D eigenvalue weighted by Crippen LogP contribution is -2.42. The summed E-state index contributed by atoms with van der Waals surface area (Å²) in [6, 6.07) is 5.66. The average molecular weight is 243 g/mol. The zero-order valence-electron chi connectivity index (χ0n) is 10.8. The maximum absolute atomic E-state index is 12.3. The maximum Gasteiger partial charge on any atom is 0.272 e. The summed E-state index contributed by atoms with van der Waals surface area (Å²) in [4.78, 5) is 18.5. The molecular weight excluding hydrogens is 226 g/mol. The number of carbonyl (C=O) groups is 1. The molecule has 0 N–H and O–H groups in total. The van der Waals surface area contributed by atoms with Gasteiger partial charge in [-0.25, -0.2) is 4.98 Å². The molecule has 1 atom stereocenters. The Morgan fingerprint density at radius 2 is 2.28 bits per heavy atom. The summed E-state index contributed by atoms with van der Waals surface area (Å²) in [5.41, 5.74) is 1.59. The summed E-state index contributed by atoms with van der Waals surface area (Å²) < 4.78 is 0. The normalized spacial score (nSPS) is 19.4. The fourth-order valence-electron chi connectivity index (χ4n) is 2.35. The highest BCUT2D eigenvalue weighted by atomic mass is 16.2. The number of amides is 1. The summed E-state index contributed by atoms with van der Waals surface area (Å²) in [6.45, 7) is 4.64. The fraction of sp³-hybridized carbons (Fsp3) is 0.500. The minimum absolute atomic E-state index is 0.0187. The van der Waals surface area contributed by atoms with E-state index < -0.39 is 0 Å². The first-order valence-electron chi connectivity index (χ1n) is 6.32. The third-order valence-electron chi connectivity index (χ3n) is 3.49. The number of aryl methyl sites for hydroxylation is 1. The molecule has 0 spiro atoms. The Morgan fingerprint density at radius 3 is 2.89 bits per heavy atom. The molecule has 1 aliphatic heterocycles. The van der Waals surface area contributed by atoms with Crippen molar-refractivity contribution in [3.63, 3.8) is 0 Å². The van der Waals surface area contributed by atoms with Crippen molar-refractivity contribution in [2.75, 3.05) is 6.54 Å². The third kappa shape index (κ3) is 2.35. The van der Waals surface area contributed by atoms with Gasteiger partial charge in [-0.15, -0.1) is 0 Å². The van der Waals surface area contributed by atoms with Gasteiger partial charge >= 0.3 is 0 Å². The molecule has 1 unspecified atom stereocenters. The van der Waals surface area contributed by atoms with Crippen LogP contribution in [0.15, 0.2) is 12.1 Å². The predicted octanol–water partition coefficient (Wildman–Crippen LogP) is 2.28. The molecule has 0 aromatic carbocycles. The lowest BCUT2D eigenvalue weighted by atomic mass is 10.0. The molecule has 1 aliphatic rings. The highest BCUT2D eigenvalue weighted by Crippen LogP contribution is 2.19. The quantitative estimate of drug-likeness (QED) is 0.760. The molecule has 1 aromatic heterocycles. The Bertz CT molecular complexity index is 504. The Morgan fingerprint density at radius 1 is 1.50 bits per heavy atom. The van der Waals surface area contributed by atoms with Crippen molar-refractivity contribution in [3.8, 4) is 6.07 Å². The number of piperidine rings is 1. The number of pyridine rings is 1. The van der Waals surface area contributed by atoms with Gasteiger partial charge in [0.1, 0.15) is 11.8 Å². The Balaban J connectivity index is 2.23. The smallest absolute Gasteiger partial charge is 0.272 e. The van der Waals surface area contributed by atoms with Crippen molar-refractivity contribution in [3.05, 3.63) is 29.1 Å². The van der Waals surface area contributed by atoms with Crippen LogP contribution in [0.2, 0.25) is 0 Å². The number of rotatable bonds is 1. The molecule has 1 saturated heterocycles. The molecule has 2 rings (SSSR count). The van der Waals surface area contributed by atoms with E-state index in [4.69, 9.17) is 5.26 Å². The monoisotopic (exact) mass is 243 g/mol. The highest BCUT2D eigenvalue weighted by molar-refractivity contribution is 5.92. The van der Waals surface area contributed by atoms with Crippen LogP contribution in [0, 0.1) is 18.3 Å². The molecule has 94 valence electrons. The summed E-state index contributed by atoms with van der Waals surface area (Å²) in [5, 5.41) is 8.85. The Hall–Kier alpha value is -1.89.